The van der Waals surface area contributed by atoms with Crippen molar-refractivity contribution in [2.24, 2.45) is 5.92 Å². The van der Waals surface area contributed by atoms with Crippen LogP contribution in [-0.4, -0.2) is 47.1 Å². The lowest BCUT2D eigenvalue weighted by Crippen LogP contribution is -2.39. The lowest BCUT2D eigenvalue weighted by Gasteiger charge is -2.29. The van der Waals surface area contributed by atoms with Crippen LogP contribution in [-0.2, 0) is 10.0 Å². The van der Waals surface area contributed by atoms with Gasteiger partial charge in [-0.15, -0.1) is 0 Å². The Kier molecular flexibility index (Phi) is 5.65. The number of methoxy groups -OCH3 is 1. The molecule has 1 atom stereocenters. The Morgan fingerprint density at radius 1 is 1.48 bits per heavy atom. The van der Waals surface area contributed by atoms with Gasteiger partial charge in [0.1, 0.15) is 5.75 Å². The lowest BCUT2D eigenvalue weighted by molar-refractivity contribution is 0.211. The number of rotatable bonds is 5. The highest BCUT2D eigenvalue weighted by atomic mass is 79.9. The first kappa shape index (κ1) is 16.7. The smallest absolute Gasteiger partial charge is 0.240 e. The first-order chi connectivity index (χ1) is 9.92. The van der Waals surface area contributed by atoms with Gasteiger partial charge in [0.05, 0.1) is 16.5 Å². The van der Waals surface area contributed by atoms with Crippen LogP contribution in [0.2, 0.25) is 0 Å². The highest BCUT2D eigenvalue weighted by Crippen LogP contribution is 2.27. The molecule has 1 aliphatic heterocycles. The van der Waals surface area contributed by atoms with Crippen molar-refractivity contribution < 1.29 is 13.2 Å². The number of hydrogen-bond donors (Lipinski definition) is 1. The number of halogens is 1. The van der Waals surface area contributed by atoms with Crippen LogP contribution in [0.4, 0.5) is 0 Å². The van der Waals surface area contributed by atoms with Crippen LogP contribution in [0.5, 0.6) is 5.75 Å². The second-order valence-corrected chi connectivity index (χ2v) is 8.04. The van der Waals surface area contributed by atoms with E-state index in [9.17, 15) is 8.42 Å². The van der Waals surface area contributed by atoms with E-state index < -0.39 is 10.0 Å². The number of nitrogens with one attached hydrogen (secondary N) is 1. The Bertz CT molecular complexity index is 592. The quantitative estimate of drug-likeness (QED) is 0.854. The minimum absolute atomic E-state index is 0.249. The number of ether oxygens (including phenoxy) is 1. The average Bonchev–Trinajstić information content (AvgIpc) is 2.45. The van der Waals surface area contributed by atoms with E-state index in [2.05, 4.69) is 32.6 Å². The summed E-state index contributed by atoms with van der Waals surface area (Å²) in [4.78, 5) is 2.49. The molecule has 2 rings (SSSR count). The molecule has 1 fully saturated rings. The van der Waals surface area contributed by atoms with Gasteiger partial charge in [0.25, 0.3) is 0 Å². The van der Waals surface area contributed by atoms with Gasteiger partial charge in [-0.3, -0.25) is 0 Å². The standard InChI is InChI=1S/C14H21BrN2O3S/c1-17-7-3-4-11(10-17)9-16-21(18,19)12-5-6-14(20-2)13(15)8-12/h5-6,8,11,16H,3-4,7,9-10H2,1-2H3. The summed E-state index contributed by atoms with van der Waals surface area (Å²) in [7, 11) is 0.140. The molecule has 1 aliphatic rings. The molecular formula is C14H21BrN2O3S. The highest BCUT2D eigenvalue weighted by molar-refractivity contribution is 9.10. The zero-order valence-electron chi connectivity index (χ0n) is 12.3. The summed E-state index contributed by atoms with van der Waals surface area (Å²) in [5.74, 6) is 0.989. The Hall–Kier alpha value is -0.630. The van der Waals surface area contributed by atoms with E-state index in [4.69, 9.17) is 4.74 Å². The van der Waals surface area contributed by atoms with E-state index in [1.165, 1.54) is 0 Å². The fourth-order valence-corrected chi connectivity index (χ4v) is 4.40. The van der Waals surface area contributed by atoms with Gasteiger partial charge in [-0.05, 0) is 66.5 Å². The molecule has 0 aliphatic carbocycles. The molecular weight excluding hydrogens is 356 g/mol. The Morgan fingerprint density at radius 3 is 2.86 bits per heavy atom. The van der Waals surface area contributed by atoms with Crippen LogP contribution < -0.4 is 9.46 Å². The second kappa shape index (κ2) is 7.09. The maximum Gasteiger partial charge on any atom is 0.240 e. The molecule has 1 N–H and O–H groups in total. The topological polar surface area (TPSA) is 58.6 Å². The van der Waals surface area contributed by atoms with Gasteiger partial charge in [0.15, 0.2) is 0 Å². The fraction of sp³-hybridized carbons (Fsp3) is 0.571. The minimum Gasteiger partial charge on any atom is -0.496 e. The molecule has 21 heavy (non-hydrogen) atoms. The molecule has 1 unspecified atom stereocenters. The summed E-state index contributed by atoms with van der Waals surface area (Å²) >= 11 is 3.31. The van der Waals surface area contributed by atoms with Crippen molar-refractivity contribution in [3.63, 3.8) is 0 Å². The average molecular weight is 377 g/mol. The molecule has 0 spiro atoms. The Labute approximate surface area is 134 Å². The predicted octanol–water partition coefficient (Wildman–Crippen LogP) is 2.08. The van der Waals surface area contributed by atoms with Gasteiger partial charge in [-0.1, -0.05) is 0 Å². The molecule has 1 aromatic rings. The summed E-state index contributed by atoms with van der Waals surface area (Å²) in [5, 5.41) is 0. The van der Waals surface area contributed by atoms with E-state index in [0.29, 0.717) is 22.7 Å². The van der Waals surface area contributed by atoms with Crippen molar-refractivity contribution in [2.45, 2.75) is 17.7 Å². The van der Waals surface area contributed by atoms with Gasteiger partial charge in [0.2, 0.25) is 10.0 Å². The summed E-state index contributed by atoms with van der Waals surface area (Å²) in [5.41, 5.74) is 0. The van der Waals surface area contributed by atoms with Crippen LogP contribution >= 0.6 is 15.9 Å². The van der Waals surface area contributed by atoms with Gasteiger partial charge in [-0.25, -0.2) is 13.1 Å². The first-order valence-electron chi connectivity index (χ1n) is 6.94. The summed E-state index contributed by atoms with van der Waals surface area (Å²) < 4.78 is 33.1. The van der Waals surface area contributed by atoms with Crippen LogP contribution in [0.1, 0.15) is 12.8 Å². The van der Waals surface area contributed by atoms with Crippen LogP contribution in [0, 0.1) is 5.92 Å². The third-order valence-electron chi connectivity index (χ3n) is 3.72. The predicted molar refractivity (Wildman–Crippen MR) is 86.1 cm³/mol. The van der Waals surface area contributed by atoms with E-state index in [1.54, 1.807) is 25.3 Å². The van der Waals surface area contributed by atoms with Gasteiger partial charge >= 0.3 is 0 Å². The minimum atomic E-state index is -3.48. The molecule has 0 saturated carbocycles. The van der Waals surface area contributed by atoms with E-state index in [-0.39, 0.29) is 4.90 Å². The largest absolute Gasteiger partial charge is 0.496 e. The Morgan fingerprint density at radius 2 is 2.24 bits per heavy atom. The van der Waals surface area contributed by atoms with Gasteiger partial charge in [0, 0.05) is 13.1 Å². The van der Waals surface area contributed by atoms with Gasteiger partial charge < -0.3 is 9.64 Å². The van der Waals surface area contributed by atoms with E-state index >= 15 is 0 Å². The third kappa shape index (κ3) is 4.42. The highest BCUT2D eigenvalue weighted by Gasteiger charge is 2.21. The first-order valence-corrected chi connectivity index (χ1v) is 9.22. The molecule has 0 radical (unpaired) electrons. The molecule has 118 valence electrons. The maximum atomic E-state index is 12.3. The van der Waals surface area contributed by atoms with E-state index in [1.807, 2.05) is 0 Å². The number of benzene rings is 1. The number of sulfonamides is 1. The summed E-state index contributed by atoms with van der Waals surface area (Å²) in [6.45, 7) is 2.51. The normalized spacial score (nSPS) is 20.4. The molecule has 0 amide bonds. The zero-order chi connectivity index (χ0) is 15.5. The zero-order valence-corrected chi connectivity index (χ0v) is 14.7. The number of nitrogens with zero attached hydrogens (tertiary/aromatic N) is 1. The SMILES string of the molecule is COc1ccc(S(=O)(=O)NCC2CCCN(C)C2)cc1Br. The molecule has 0 bridgehead atoms. The van der Waals surface area contributed by atoms with Crippen molar-refractivity contribution in [1.29, 1.82) is 0 Å². The molecule has 7 heteroatoms. The van der Waals surface area contributed by atoms with E-state index in [0.717, 1.165) is 25.9 Å². The Balaban J connectivity index is 2.02. The van der Waals surface area contributed by atoms with Crippen molar-refractivity contribution in [3.05, 3.63) is 22.7 Å². The number of hydrogen-bond acceptors (Lipinski definition) is 4. The summed E-state index contributed by atoms with van der Waals surface area (Å²) in [6, 6.07) is 4.76. The van der Waals surface area contributed by atoms with Crippen LogP contribution in [0.15, 0.2) is 27.6 Å². The molecule has 1 aromatic carbocycles. The summed E-state index contributed by atoms with van der Waals surface area (Å²) in [6.07, 6.45) is 2.19. The number of piperidine rings is 1. The second-order valence-electron chi connectivity index (χ2n) is 5.42. The fourth-order valence-electron chi connectivity index (χ4n) is 2.56. The monoisotopic (exact) mass is 376 g/mol. The number of likely N-dealkylation sites (tertiary alicyclic amines) is 1. The molecule has 5 nitrogen and oxygen atoms in total. The lowest BCUT2D eigenvalue weighted by atomic mass is 9.99. The molecule has 1 saturated heterocycles. The van der Waals surface area contributed by atoms with Crippen molar-refractivity contribution in [3.8, 4) is 5.75 Å². The van der Waals surface area contributed by atoms with Gasteiger partial charge in [-0.2, -0.15) is 0 Å². The van der Waals surface area contributed by atoms with Crippen molar-refractivity contribution >= 4 is 26.0 Å². The van der Waals surface area contributed by atoms with Crippen LogP contribution in [0.3, 0.4) is 0 Å². The molecule has 1 heterocycles. The maximum absolute atomic E-state index is 12.3. The molecule has 0 aromatic heterocycles. The van der Waals surface area contributed by atoms with Crippen molar-refractivity contribution in [2.75, 3.05) is 33.8 Å². The van der Waals surface area contributed by atoms with Crippen molar-refractivity contribution in [1.82, 2.24) is 9.62 Å². The third-order valence-corrected chi connectivity index (χ3v) is 5.76. The van der Waals surface area contributed by atoms with Crippen LogP contribution in [0.25, 0.3) is 0 Å².